The lowest BCUT2D eigenvalue weighted by Gasteiger charge is -2.00. The smallest absolute Gasteiger partial charge is 0.213 e. The fourth-order valence-corrected chi connectivity index (χ4v) is 0.993. The third-order valence-electron chi connectivity index (χ3n) is 1.45. The van der Waals surface area contributed by atoms with Gasteiger partial charge < -0.3 is 4.74 Å². The van der Waals surface area contributed by atoms with E-state index in [0.717, 1.165) is 5.56 Å². The molecule has 0 aliphatic rings. The van der Waals surface area contributed by atoms with E-state index in [9.17, 15) is 0 Å². The fraction of sp³-hybridized carbons (Fsp3) is 0.300. The molecule has 13 heavy (non-hydrogen) atoms. The number of alkyl halides is 1. The maximum absolute atomic E-state index is 5.50. The molecular weight excluding hydrogens is 186 g/mol. The van der Waals surface area contributed by atoms with Crippen molar-refractivity contribution in [3.05, 3.63) is 30.0 Å². The zero-order chi connectivity index (χ0) is 9.52. The van der Waals surface area contributed by atoms with Gasteiger partial charge in [0.05, 0.1) is 6.61 Å². The molecular formula is C10H12ClNO. The molecule has 0 saturated heterocycles. The van der Waals surface area contributed by atoms with Crippen molar-refractivity contribution >= 4 is 17.7 Å². The van der Waals surface area contributed by atoms with E-state index >= 15 is 0 Å². The quantitative estimate of drug-likeness (QED) is 0.693. The molecule has 0 atom stereocenters. The molecule has 0 amide bonds. The van der Waals surface area contributed by atoms with Gasteiger partial charge in [-0.2, -0.15) is 0 Å². The van der Waals surface area contributed by atoms with E-state index < -0.39 is 0 Å². The normalized spacial score (nSPS) is 10.6. The lowest BCUT2D eigenvalue weighted by molar-refractivity contribution is 0.327. The molecule has 2 nitrogen and oxygen atoms in total. The van der Waals surface area contributed by atoms with Gasteiger partial charge in [0.25, 0.3) is 0 Å². The molecule has 70 valence electrons. The predicted molar refractivity (Wildman–Crippen MR) is 55.2 cm³/mol. The first-order chi connectivity index (χ1) is 6.36. The molecule has 1 aromatic heterocycles. The highest BCUT2D eigenvalue weighted by atomic mass is 35.5. The van der Waals surface area contributed by atoms with E-state index in [0.29, 0.717) is 18.4 Å². The third-order valence-corrected chi connectivity index (χ3v) is 1.63. The third kappa shape index (κ3) is 3.47. The van der Waals surface area contributed by atoms with E-state index in [-0.39, 0.29) is 0 Å². The van der Waals surface area contributed by atoms with Gasteiger partial charge in [-0.15, -0.1) is 11.6 Å². The summed E-state index contributed by atoms with van der Waals surface area (Å²) in [5.74, 6) is 1.18. The molecule has 0 unspecified atom stereocenters. The van der Waals surface area contributed by atoms with E-state index in [1.54, 1.807) is 6.20 Å². The monoisotopic (exact) mass is 197 g/mol. The minimum absolute atomic E-state index is 0.521. The molecule has 0 N–H and O–H groups in total. The van der Waals surface area contributed by atoms with Crippen LogP contribution in [0.5, 0.6) is 5.88 Å². The van der Waals surface area contributed by atoms with Crippen molar-refractivity contribution in [2.75, 3.05) is 12.5 Å². The largest absolute Gasteiger partial charge is 0.478 e. The molecule has 0 spiro atoms. The number of hydrogen-bond donors (Lipinski definition) is 0. The Morgan fingerprint density at radius 1 is 1.54 bits per heavy atom. The van der Waals surface area contributed by atoms with E-state index in [4.69, 9.17) is 16.3 Å². The highest BCUT2D eigenvalue weighted by Crippen LogP contribution is 2.08. The summed E-state index contributed by atoms with van der Waals surface area (Å²) in [4.78, 5) is 4.10. The summed E-state index contributed by atoms with van der Waals surface area (Å²) < 4.78 is 5.20. The van der Waals surface area contributed by atoms with E-state index in [1.165, 1.54) is 0 Å². The molecule has 0 aliphatic carbocycles. The Morgan fingerprint density at radius 3 is 2.92 bits per heavy atom. The zero-order valence-corrected chi connectivity index (χ0v) is 8.29. The first-order valence-corrected chi connectivity index (χ1v) is 4.71. The average molecular weight is 198 g/mol. The van der Waals surface area contributed by atoms with Gasteiger partial charge in [0, 0.05) is 18.1 Å². The average Bonchev–Trinajstić information content (AvgIpc) is 2.17. The lowest BCUT2D eigenvalue weighted by Crippen LogP contribution is -1.93. The Morgan fingerprint density at radius 2 is 2.38 bits per heavy atom. The van der Waals surface area contributed by atoms with Gasteiger partial charge in [-0.05, 0) is 18.6 Å². The number of rotatable bonds is 4. The number of nitrogens with zero attached hydrogens (tertiary/aromatic N) is 1. The Balaban J connectivity index is 2.64. The Bertz CT molecular complexity index is 269. The summed E-state index contributed by atoms with van der Waals surface area (Å²) in [7, 11) is 0. The van der Waals surface area contributed by atoms with Crippen LogP contribution in [0.3, 0.4) is 0 Å². The van der Waals surface area contributed by atoms with Crippen LogP contribution >= 0.6 is 11.6 Å². The van der Waals surface area contributed by atoms with Crippen molar-refractivity contribution in [1.29, 1.82) is 0 Å². The lowest BCUT2D eigenvalue weighted by atomic mass is 10.3. The number of pyridine rings is 1. The molecule has 0 aliphatic heterocycles. The van der Waals surface area contributed by atoms with Crippen molar-refractivity contribution < 1.29 is 4.74 Å². The SMILES string of the molecule is CCOc1ccc(C=CCCl)cn1. The number of halogens is 1. The molecule has 0 fully saturated rings. The van der Waals surface area contributed by atoms with E-state index in [1.807, 2.05) is 31.2 Å². The number of allylic oxidation sites excluding steroid dienone is 1. The second-order valence-corrected chi connectivity index (χ2v) is 2.73. The van der Waals surface area contributed by atoms with Crippen molar-refractivity contribution in [3.8, 4) is 5.88 Å². The van der Waals surface area contributed by atoms with Gasteiger partial charge in [0.1, 0.15) is 0 Å². The summed E-state index contributed by atoms with van der Waals surface area (Å²) in [5, 5.41) is 0. The highest BCUT2D eigenvalue weighted by Gasteiger charge is 1.91. The van der Waals surface area contributed by atoms with Gasteiger partial charge in [0.15, 0.2) is 0 Å². The first kappa shape index (κ1) is 10.1. The van der Waals surface area contributed by atoms with Crippen LogP contribution in [0.4, 0.5) is 0 Å². The van der Waals surface area contributed by atoms with Gasteiger partial charge in [0.2, 0.25) is 5.88 Å². The van der Waals surface area contributed by atoms with Gasteiger partial charge in [-0.1, -0.05) is 12.2 Å². The second kappa shape index (κ2) is 5.60. The van der Waals surface area contributed by atoms with Crippen molar-refractivity contribution in [2.24, 2.45) is 0 Å². The van der Waals surface area contributed by atoms with Crippen LogP contribution < -0.4 is 4.74 Å². The van der Waals surface area contributed by atoms with Gasteiger partial charge >= 0.3 is 0 Å². The first-order valence-electron chi connectivity index (χ1n) is 4.18. The molecule has 1 aromatic rings. The van der Waals surface area contributed by atoms with Crippen LogP contribution in [0, 0.1) is 0 Å². The van der Waals surface area contributed by atoms with Crippen LogP contribution in [0.2, 0.25) is 0 Å². The minimum atomic E-state index is 0.521. The summed E-state index contributed by atoms with van der Waals surface area (Å²) in [5.41, 5.74) is 1.03. The summed E-state index contributed by atoms with van der Waals surface area (Å²) in [6, 6.07) is 3.79. The van der Waals surface area contributed by atoms with Crippen LogP contribution in [0.15, 0.2) is 24.4 Å². The van der Waals surface area contributed by atoms with Crippen LogP contribution in [0.25, 0.3) is 6.08 Å². The highest BCUT2D eigenvalue weighted by molar-refractivity contribution is 6.19. The maximum Gasteiger partial charge on any atom is 0.213 e. The number of ether oxygens (including phenoxy) is 1. The molecule has 0 bridgehead atoms. The number of aromatic nitrogens is 1. The van der Waals surface area contributed by atoms with Crippen molar-refractivity contribution in [2.45, 2.75) is 6.92 Å². The fourth-order valence-electron chi connectivity index (χ4n) is 0.904. The van der Waals surface area contributed by atoms with Crippen molar-refractivity contribution in [1.82, 2.24) is 4.98 Å². The summed E-state index contributed by atoms with van der Waals surface area (Å²) in [6.45, 7) is 2.58. The molecule has 0 radical (unpaired) electrons. The summed E-state index contributed by atoms with van der Waals surface area (Å²) >= 11 is 5.50. The van der Waals surface area contributed by atoms with Crippen LogP contribution in [0.1, 0.15) is 12.5 Å². The second-order valence-electron chi connectivity index (χ2n) is 2.42. The number of hydrogen-bond acceptors (Lipinski definition) is 2. The molecule has 1 heterocycles. The predicted octanol–water partition coefficient (Wildman–Crippen LogP) is 2.73. The van der Waals surface area contributed by atoms with Crippen molar-refractivity contribution in [3.63, 3.8) is 0 Å². The summed E-state index contributed by atoms with van der Waals surface area (Å²) in [6.07, 6.45) is 5.56. The van der Waals surface area contributed by atoms with E-state index in [2.05, 4.69) is 4.98 Å². The Hall–Kier alpha value is -1.02. The Labute approximate surface area is 83.2 Å². The maximum atomic E-state index is 5.50. The zero-order valence-electron chi connectivity index (χ0n) is 7.53. The molecule has 0 saturated carbocycles. The molecule has 0 aromatic carbocycles. The van der Waals surface area contributed by atoms with Crippen LogP contribution in [-0.2, 0) is 0 Å². The molecule has 1 rings (SSSR count). The minimum Gasteiger partial charge on any atom is -0.478 e. The van der Waals surface area contributed by atoms with Gasteiger partial charge in [-0.25, -0.2) is 4.98 Å². The standard InChI is InChI=1S/C10H12ClNO/c1-2-13-10-6-5-9(8-12-10)4-3-7-11/h3-6,8H,2,7H2,1H3. The van der Waals surface area contributed by atoms with Crippen LogP contribution in [-0.4, -0.2) is 17.5 Å². The topological polar surface area (TPSA) is 22.1 Å². The Kier molecular flexibility index (Phi) is 4.33. The van der Waals surface area contributed by atoms with Gasteiger partial charge in [-0.3, -0.25) is 0 Å². The molecule has 3 heteroatoms.